The minimum Gasteiger partial charge on any atom is -0.278 e. The van der Waals surface area contributed by atoms with Crippen molar-refractivity contribution in [1.29, 1.82) is 0 Å². The molecule has 92 valence electrons. The minimum absolute atomic E-state index is 0.297. The van der Waals surface area contributed by atoms with Crippen LogP contribution in [-0.2, 0) is 9.59 Å². The quantitative estimate of drug-likeness (QED) is 0.509. The van der Waals surface area contributed by atoms with Crippen LogP contribution in [0, 0.1) is 22.7 Å². The van der Waals surface area contributed by atoms with Gasteiger partial charge in [0.15, 0.2) is 0 Å². The first-order valence-corrected chi connectivity index (χ1v) is 5.54. The average molecular weight is 227 g/mol. The van der Waals surface area contributed by atoms with E-state index in [2.05, 4.69) is 0 Å². The van der Waals surface area contributed by atoms with E-state index >= 15 is 0 Å². The molecule has 0 aromatic rings. The molecule has 4 heteroatoms. The molecule has 0 aliphatic carbocycles. The Labute approximate surface area is 96.6 Å². The zero-order valence-electron chi connectivity index (χ0n) is 10.9. The number of imide groups is 1. The van der Waals surface area contributed by atoms with E-state index in [4.69, 9.17) is 0 Å². The maximum atomic E-state index is 11.9. The molecule has 0 saturated carbocycles. The van der Waals surface area contributed by atoms with E-state index in [0.29, 0.717) is 5.06 Å². The van der Waals surface area contributed by atoms with Crippen LogP contribution in [0.25, 0.3) is 0 Å². The van der Waals surface area contributed by atoms with Crippen LogP contribution in [0.15, 0.2) is 0 Å². The molecule has 1 N–H and O–H groups in total. The predicted octanol–water partition coefficient (Wildman–Crippen LogP) is 2.07. The molecule has 1 aliphatic rings. The summed E-state index contributed by atoms with van der Waals surface area (Å²) in [6.07, 6.45) is 0. The van der Waals surface area contributed by atoms with Gasteiger partial charge < -0.3 is 0 Å². The number of rotatable bonds is 0. The van der Waals surface area contributed by atoms with Crippen molar-refractivity contribution in [2.75, 3.05) is 0 Å². The lowest BCUT2D eigenvalue weighted by molar-refractivity contribution is -0.174. The highest BCUT2D eigenvalue weighted by Gasteiger charge is 2.56. The number of amides is 2. The first-order valence-electron chi connectivity index (χ1n) is 5.54. The highest BCUT2D eigenvalue weighted by molar-refractivity contribution is 6.04. The molecule has 0 spiro atoms. The van der Waals surface area contributed by atoms with Crippen LogP contribution in [0.4, 0.5) is 0 Å². The Morgan fingerprint density at radius 1 is 0.875 bits per heavy atom. The number of hydrogen-bond donors (Lipinski definition) is 1. The van der Waals surface area contributed by atoms with E-state index in [9.17, 15) is 14.8 Å². The molecule has 16 heavy (non-hydrogen) atoms. The summed E-state index contributed by atoms with van der Waals surface area (Å²) >= 11 is 0. The molecule has 0 radical (unpaired) electrons. The molecular weight excluding hydrogens is 206 g/mol. The lowest BCUT2D eigenvalue weighted by atomic mass is 9.65. The Morgan fingerprint density at radius 2 is 1.12 bits per heavy atom. The van der Waals surface area contributed by atoms with Gasteiger partial charge in [-0.1, -0.05) is 41.5 Å². The molecule has 1 fully saturated rings. The number of hydrogen-bond acceptors (Lipinski definition) is 3. The molecule has 0 aromatic carbocycles. The number of hydroxylamine groups is 2. The Balaban J connectivity index is 3.23. The molecule has 2 amide bonds. The van der Waals surface area contributed by atoms with E-state index < -0.39 is 23.7 Å². The van der Waals surface area contributed by atoms with Crippen molar-refractivity contribution in [1.82, 2.24) is 5.06 Å². The normalized spacial score (nSPS) is 27.8. The third-order valence-corrected chi connectivity index (χ3v) is 3.15. The second-order valence-electron chi connectivity index (χ2n) is 6.68. The van der Waals surface area contributed by atoms with Crippen molar-refractivity contribution >= 4 is 11.8 Å². The number of nitrogens with zero attached hydrogens (tertiary/aromatic N) is 1. The van der Waals surface area contributed by atoms with Crippen molar-refractivity contribution < 1.29 is 14.8 Å². The van der Waals surface area contributed by atoms with E-state index in [0.717, 1.165) is 0 Å². The third kappa shape index (κ3) is 1.98. The fourth-order valence-electron chi connectivity index (χ4n) is 2.40. The van der Waals surface area contributed by atoms with Crippen LogP contribution >= 0.6 is 0 Å². The van der Waals surface area contributed by atoms with Gasteiger partial charge in [-0.15, -0.1) is 0 Å². The van der Waals surface area contributed by atoms with Gasteiger partial charge in [-0.05, 0) is 10.8 Å². The zero-order valence-corrected chi connectivity index (χ0v) is 10.9. The smallest absolute Gasteiger partial charge is 0.257 e. The predicted molar refractivity (Wildman–Crippen MR) is 59.5 cm³/mol. The summed E-state index contributed by atoms with van der Waals surface area (Å²) in [4.78, 5) is 23.7. The summed E-state index contributed by atoms with van der Waals surface area (Å²) in [5.74, 6) is -1.86. The maximum Gasteiger partial charge on any atom is 0.257 e. The van der Waals surface area contributed by atoms with Gasteiger partial charge in [0.2, 0.25) is 0 Å². The molecule has 1 rings (SSSR count). The van der Waals surface area contributed by atoms with Crippen LogP contribution in [0.2, 0.25) is 0 Å². The standard InChI is InChI=1S/C12H21NO3/c1-11(2,3)7-8(12(4,5)6)10(15)13(16)9(7)14/h7-8,16H,1-6H3. The highest BCUT2D eigenvalue weighted by atomic mass is 16.5. The topological polar surface area (TPSA) is 57.6 Å². The second kappa shape index (κ2) is 3.55. The van der Waals surface area contributed by atoms with Gasteiger partial charge in [-0.2, -0.15) is 5.06 Å². The average Bonchev–Trinajstić information content (AvgIpc) is 2.27. The lowest BCUT2D eigenvalue weighted by Gasteiger charge is -2.35. The van der Waals surface area contributed by atoms with Gasteiger partial charge >= 0.3 is 0 Å². The molecule has 1 heterocycles. The van der Waals surface area contributed by atoms with Gasteiger partial charge in [0, 0.05) is 0 Å². The molecular formula is C12H21NO3. The summed E-state index contributed by atoms with van der Waals surface area (Å²) in [7, 11) is 0. The summed E-state index contributed by atoms with van der Waals surface area (Å²) in [5, 5.41) is 9.77. The lowest BCUT2D eigenvalue weighted by Crippen LogP contribution is -2.38. The fourth-order valence-corrected chi connectivity index (χ4v) is 2.40. The van der Waals surface area contributed by atoms with Crippen LogP contribution < -0.4 is 0 Å². The van der Waals surface area contributed by atoms with Gasteiger partial charge in [-0.25, -0.2) is 0 Å². The summed E-state index contributed by atoms with van der Waals surface area (Å²) in [6, 6.07) is 0. The first-order chi connectivity index (χ1) is 6.98. The first kappa shape index (κ1) is 13.2. The number of carbonyl (C=O) groups excluding carboxylic acids is 2. The van der Waals surface area contributed by atoms with E-state index in [1.54, 1.807) is 0 Å². The second-order valence-corrected chi connectivity index (χ2v) is 6.68. The third-order valence-electron chi connectivity index (χ3n) is 3.15. The minimum atomic E-state index is -0.475. The SMILES string of the molecule is CC(C)(C)C1C(=O)N(O)C(=O)C1C(C)(C)C. The van der Waals surface area contributed by atoms with Crippen molar-refractivity contribution in [3.8, 4) is 0 Å². The van der Waals surface area contributed by atoms with Gasteiger partial charge in [0.25, 0.3) is 11.8 Å². The van der Waals surface area contributed by atoms with Gasteiger partial charge in [0.05, 0.1) is 11.8 Å². The van der Waals surface area contributed by atoms with Gasteiger partial charge in [-0.3, -0.25) is 14.8 Å². The Morgan fingerprint density at radius 3 is 1.31 bits per heavy atom. The van der Waals surface area contributed by atoms with Crippen LogP contribution in [0.5, 0.6) is 0 Å². The van der Waals surface area contributed by atoms with E-state index in [1.165, 1.54) is 0 Å². The van der Waals surface area contributed by atoms with Crippen molar-refractivity contribution in [2.24, 2.45) is 22.7 Å². The molecule has 0 aromatic heterocycles. The molecule has 0 bridgehead atoms. The fraction of sp³-hybridized carbons (Fsp3) is 0.833. The monoisotopic (exact) mass is 227 g/mol. The van der Waals surface area contributed by atoms with Gasteiger partial charge in [0.1, 0.15) is 0 Å². The Kier molecular flexibility index (Phi) is 2.92. The summed E-state index contributed by atoms with van der Waals surface area (Å²) in [6.45, 7) is 11.5. The Hall–Kier alpha value is -0.900. The molecule has 2 unspecified atom stereocenters. The number of carbonyl (C=O) groups is 2. The van der Waals surface area contributed by atoms with E-state index in [-0.39, 0.29) is 10.8 Å². The molecule has 2 atom stereocenters. The van der Waals surface area contributed by atoms with Crippen LogP contribution in [-0.4, -0.2) is 22.1 Å². The van der Waals surface area contributed by atoms with Crippen molar-refractivity contribution in [3.63, 3.8) is 0 Å². The van der Waals surface area contributed by atoms with Crippen molar-refractivity contribution in [3.05, 3.63) is 0 Å². The maximum absolute atomic E-state index is 11.9. The largest absolute Gasteiger partial charge is 0.278 e. The zero-order chi connectivity index (χ0) is 12.9. The summed E-state index contributed by atoms with van der Waals surface area (Å²) in [5.41, 5.74) is -0.662. The molecule has 4 nitrogen and oxygen atoms in total. The van der Waals surface area contributed by atoms with Crippen LogP contribution in [0.1, 0.15) is 41.5 Å². The molecule has 1 saturated heterocycles. The Bertz CT molecular complexity index is 290. The summed E-state index contributed by atoms with van der Waals surface area (Å²) < 4.78 is 0. The highest BCUT2D eigenvalue weighted by Crippen LogP contribution is 2.46. The van der Waals surface area contributed by atoms with E-state index in [1.807, 2.05) is 41.5 Å². The van der Waals surface area contributed by atoms with Crippen LogP contribution in [0.3, 0.4) is 0 Å². The van der Waals surface area contributed by atoms with Crippen molar-refractivity contribution in [2.45, 2.75) is 41.5 Å². The molecule has 1 aliphatic heterocycles.